The van der Waals surface area contributed by atoms with Crippen LogP contribution in [0, 0.1) is 0 Å². The molecule has 4 heteroatoms. The Morgan fingerprint density at radius 2 is 1.89 bits per heavy atom. The predicted octanol–water partition coefficient (Wildman–Crippen LogP) is 2.81. The highest BCUT2D eigenvalue weighted by Gasteiger charge is 2.30. The lowest BCUT2D eigenvalue weighted by molar-refractivity contribution is -0.148. The Bertz CT molecular complexity index is 603. The normalized spacial score (nSPS) is 22.1. The fourth-order valence-corrected chi connectivity index (χ4v) is 1.96. The molecule has 2 heterocycles. The Morgan fingerprint density at radius 3 is 2.67 bits per heavy atom. The lowest BCUT2D eigenvalue weighted by Crippen LogP contribution is -2.24. The molecule has 1 aliphatic heterocycles. The molecule has 0 radical (unpaired) electrons. The minimum absolute atomic E-state index is 0.188. The summed E-state index contributed by atoms with van der Waals surface area (Å²) in [6, 6.07) is 10.8. The van der Waals surface area contributed by atoms with E-state index in [0.717, 1.165) is 5.56 Å². The van der Waals surface area contributed by atoms with Crippen LogP contribution in [0.1, 0.15) is 30.6 Å². The van der Waals surface area contributed by atoms with Gasteiger partial charge in [0.1, 0.15) is 6.10 Å². The number of benzene rings is 1. The van der Waals surface area contributed by atoms with Crippen molar-refractivity contribution in [2.24, 2.45) is 0 Å². The average Bonchev–Trinajstić information content (AvgIpc) is 2.41. The van der Waals surface area contributed by atoms with Gasteiger partial charge in [0.15, 0.2) is 5.76 Å². The fourth-order valence-electron chi connectivity index (χ4n) is 1.96. The molecule has 4 nitrogen and oxygen atoms in total. The molecule has 0 saturated heterocycles. The van der Waals surface area contributed by atoms with Crippen molar-refractivity contribution in [3.63, 3.8) is 0 Å². The summed E-state index contributed by atoms with van der Waals surface area (Å²) in [5.41, 5.74) is 0.686. The Labute approximate surface area is 104 Å². The summed E-state index contributed by atoms with van der Waals surface area (Å²) >= 11 is 0. The molecule has 0 spiro atoms. The molecule has 2 aromatic rings. The summed E-state index contributed by atoms with van der Waals surface area (Å²) in [5.74, 6) is 0.680. The predicted molar refractivity (Wildman–Crippen MR) is 64.3 cm³/mol. The maximum atomic E-state index is 11.7. The molecule has 0 aliphatic carbocycles. The van der Waals surface area contributed by atoms with Crippen LogP contribution in [-0.2, 0) is 4.74 Å². The van der Waals surface area contributed by atoms with Gasteiger partial charge < -0.3 is 13.9 Å². The van der Waals surface area contributed by atoms with Gasteiger partial charge in [-0.25, -0.2) is 0 Å². The molecule has 3 rings (SSSR count). The summed E-state index contributed by atoms with van der Waals surface area (Å²) in [6.07, 6.45) is 0.472. The molecule has 1 aliphatic rings. The van der Waals surface area contributed by atoms with Crippen molar-refractivity contribution in [1.82, 2.24) is 0 Å². The minimum Gasteiger partial charge on any atom is -0.462 e. The zero-order valence-electron chi connectivity index (χ0n) is 9.83. The van der Waals surface area contributed by atoms with E-state index >= 15 is 0 Å². The Hall–Kier alpha value is -2.07. The first-order chi connectivity index (χ1) is 8.75. The molecule has 92 valence electrons. The number of hydrogen-bond donors (Lipinski definition) is 0. The first kappa shape index (κ1) is 11.0. The van der Waals surface area contributed by atoms with Crippen LogP contribution in [-0.4, -0.2) is 0 Å². The molecular weight excluding hydrogens is 232 g/mol. The van der Waals surface area contributed by atoms with E-state index in [1.54, 1.807) is 0 Å². The molecule has 18 heavy (non-hydrogen) atoms. The van der Waals surface area contributed by atoms with Gasteiger partial charge in [-0.05, 0) is 6.92 Å². The van der Waals surface area contributed by atoms with Crippen LogP contribution in [0.3, 0.4) is 0 Å². The molecule has 0 unspecified atom stereocenters. The van der Waals surface area contributed by atoms with Crippen LogP contribution in [0.5, 0.6) is 5.75 Å². The van der Waals surface area contributed by atoms with Crippen molar-refractivity contribution < 1.29 is 13.9 Å². The minimum atomic E-state index is -0.570. The van der Waals surface area contributed by atoms with Gasteiger partial charge in [0.05, 0.1) is 6.26 Å². The van der Waals surface area contributed by atoms with Crippen molar-refractivity contribution in [3.05, 3.63) is 64.2 Å². The third-order valence-electron chi connectivity index (χ3n) is 2.86. The highest BCUT2D eigenvalue weighted by molar-refractivity contribution is 5.29. The summed E-state index contributed by atoms with van der Waals surface area (Å²) in [5, 5.41) is 0. The average molecular weight is 244 g/mol. The molecule has 0 bridgehead atoms. The topological polar surface area (TPSA) is 48.7 Å². The monoisotopic (exact) mass is 244 g/mol. The van der Waals surface area contributed by atoms with Gasteiger partial charge in [-0.2, -0.15) is 0 Å². The van der Waals surface area contributed by atoms with Crippen molar-refractivity contribution >= 4 is 0 Å². The maximum absolute atomic E-state index is 11.7. The van der Waals surface area contributed by atoms with Crippen molar-refractivity contribution in [3.8, 4) is 5.75 Å². The Morgan fingerprint density at radius 1 is 1.11 bits per heavy atom. The van der Waals surface area contributed by atoms with E-state index in [4.69, 9.17) is 13.9 Å². The van der Waals surface area contributed by atoms with Crippen molar-refractivity contribution in [2.45, 2.75) is 19.3 Å². The lowest BCUT2D eigenvalue weighted by Gasteiger charge is -2.28. The van der Waals surface area contributed by atoms with Gasteiger partial charge in [-0.1, -0.05) is 30.3 Å². The molecule has 0 saturated carbocycles. The molecule has 0 fully saturated rings. The molecular formula is C14H12O4. The number of rotatable bonds is 1. The van der Waals surface area contributed by atoms with Crippen LogP contribution >= 0.6 is 0 Å². The summed E-state index contributed by atoms with van der Waals surface area (Å²) < 4.78 is 16.6. The van der Waals surface area contributed by atoms with Gasteiger partial charge in [-0.3, -0.25) is 4.79 Å². The van der Waals surface area contributed by atoms with E-state index in [2.05, 4.69) is 0 Å². The van der Waals surface area contributed by atoms with Crippen molar-refractivity contribution in [1.29, 1.82) is 0 Å². The van der Waals surface area contributed by atoms with Gasteiger partial charge in [0.25, 0.3) is 0 Å². The molecule has 0 N–H and O–H groups in total. The molecule has 0 amide bonds. The van der Waals surface area contributed by atoms with Crippen LogP contribution < -0.4 is 10.2 Å². The SMILES string of the molecule is C[C@H]1O[C@@H](c2ccccc2)Oc2c1occc2=O. The van der Waals surface area contributed by atoms with Crippen LogP contribution in [0.15, 0.2) is 51.9 Å². The molecule has 1 aromatic heterocycles. The van der Waals surface area contributed by atoms with E-state index in [1.165, 1.54) is 12.3 Å². The van der Waals surface area contributed by atoms with E-state index in [9.17, 15) is 4.79 Å². The molecule has 2 atom stereocenters. The Balaban J connectivity index is 2.01. The third-order valence-corrected chi connectivity index (χ3v) is 2.86. The maximum Gasteiger partial charge on any atom is 0.227 e. The zero-order valence-corrected chi connectivity index (χ0v) is 9.83. The van der Waals surface area contributed by atoms with Gasteiger partial charge in [0, 0.05) is 11.6 Å². The second-order valence-corrected chi connectivity index (χ2v) is 4.12. The first-order valence-electron chi connectivity index (χ1n) is 5.74. The van der Waals surface area contributed by atoms with E-state index in [1.807, 2.05) is 37.3 Å². The fraction of sp³-hybridized carbons (Fsp3) is 0.214. The van der Waals surface area contributed by atoms with Gasteiger partial charge >= 0.3 is 0 Å². The zero-order chi connectivity index (χ0) is 12.5. The number of fused-ring (bicyclic) bond motifs is 1. The first-order valence-corrected chi connectivity index (χ1v) is 5.74. The summed E-state index contributed by atoms with van der Waals surface area (Å²) in [4.78, 5) is 11.7. The Kier molecular flexibility index (Phi) is 2.64. The number of hydrogen-bond acceptors (Lipinski definition) is 4. The lowest BCUT2D eigenvalue weighted by atomic mass is 10.2. The largest absolute Gasteiger partial charge is 0.462 e. The van der Waals surface area contributed by atoms with E-state index < -0.39 is 6.29 Å². The van der Waals surface area contributed by atoms with Gasteiger partial charge in [0.2, 0.25) is 17.5 Å². The molecule has 1 aromatic carbocycles. The standard InChI is InChI=1S/C14H12O4/c1-9-12-13(11(15)7-8-16-12)18-14(17-9)10-5-3-2-4-6-10/h2-9,14H,1H3/t9-,14-/m1/s1. The second kappa shape index (κ2) is 4.31. The van der Waals surface area contributed by atoms with Crippen LogP contribution in [0.25, 0.3) is 0 Å². The van der Waals surface area contributed by atoms with E-state index in [0.29, 0.717) is 5.76 Å². The highest BCUT2D eigenvalue weighted by Crippen LogP contribution is 2.37. The van der Waals surface area contributed by atoms with Gasteiger partial charge in [-0.15, -0.1) is 0 Å². The third kappa shape index (κ3) is 1.80. The highest BCUT2D eigenvalue weighted by atomic mass is 16.7. The summed E-state index contributed by atoms with van der Waals surface area (Å²) in [7, 11) is 0. The quantitative estimate of drug-likeness (QED) is 0.774. The van der Waals surface area contributed by atoms with Crippen LogP contribution in [0.4, 0.5) is 0 Å². The number of ether oxygens (including phenoxy) is 2. The van der Waals surface area contributed by atoms with E-state index in [-0.39, 0.29) is 17.3 Å². The van der Waals surface area contributed by atoms with Crippen molar-refractivity contribution in [2.75, 3.05) is 0 Å². The van der Waals surface area contributed by atoms with Crippen LogP contribution in [0.2, 0.25) is 0 Å². The smallest absolute Gasteiger partial charge is 0.227 e. The summed E-state index contributed by atoms with van der Waals surface area (Å²) in [6.45, 7) is 1.83. The second-order valence-electron chi connectivity index (χ2n) is 4.12.